The zero-order valence-corrected chi connectivity index (χ0v) is 12.8. The summed E-state index contributed by atoms with van der Waals surface area (Å²) >= 11 is 0. The third-order valence-electron chi connectivity index (χ3n) is 2.89. The quantitative estimate of drug-likeness (QED) is 0.775. The summed E-state index contributed by atoms with van der Waals surface area (Å²) in [6.07, 6.45) is -1.18. The van der Waals surface area contributed by atoms with Crippen LogP contribution in [0.1, 0.15) is 22.8 Å². The average Bonchev–Trinajstić information content (AvgIpc) is 2.46. The highest BCUT2D eigenvalue weighted by molar-refractivity contribution is 5.98. The zero-order valence-electron chi connectivity index (χ0n) is 12.8. The minimum Gasteiger partial charge on any atom is -0.496 e. The van der Waals surface area contributed by atoms with E-state index in [0.29, 0.717) is 11.5 Å². The van der Waals surface area contributed by atoms with Crippen LogP contribution in [0.25, 0.3) is 0 Å². The van der Waals surface area contributed by atoms with Gasteiger partial charge in [0.1, 0.15) is 11.5 Å². The van der Waals surface area contributed by atoms with E-state index in [4.69, 9.17) is 19.9 Å². The van der Waals surface area contributed by atoms with Crippen molar-refractivity contribution >= 4 is 17.9 Å². The van der Waals surface area contributed by atoms with E-state index in [1.165, 1.54) is 33.3 Å². The number of esters is 1. The largest absolute Gasteiger partial charge is 0.496 e. The lowest BCUT2D eigenvalue weighted by Crippen LogP contribution is -2.42. The maximum atomic E-state index is 12.1. The number of urea groups is 1. The second kappa shape index (κ2) is 7.30. The molecular weight excluding hydrogens is 292 g/mol. The Kier molecular flexibility index (Phi) is 5.73. The summed E-state index contributed by atoms with van der Waals surface area (Å²) in [5.74, 6) is -0.684. The monoisotopic (exact) mass is 310 g/mol. The van der Waals surface area contributed by atoms with E-state index < -0.39 is 24.0 Å². The summed E-state index contributed by atoms with van der Waals surface area (Å²) in [7, 11) is 2.92. The van der Waals surface area contributed by atoms with Crippen molar-refractivity contribution in [3.8, 4) is 11.5 Å². The Morgan fingerprint density at radius 1 is 1.14 bits per heavy atom. The van der Waals surface area contributed by atoms with Gasteiger partial charge in [0.25, 0.3) is 5.91 Å². The SMILES string of the molecule is COc1cc(C(=O)OC(C)C(=O)NC(N)=O)cc(OC)c1C. The lowest BCUT2D eigenvalue weighted by molar-refractivity contribution is -0.127. The van der Waals surface area contributed by atoms with Gasteiger partial charge in [0.05, 0.1) is 19.8 Å². The number of amides is 3. The summed E-state index contributed by atoms with van der Waals surface area (Å²) in [6, 6.07) is 1.92. The highest BCUT2D eigenvalue weighted by Gasteiger charge is 2.21. The Morgan fingerprint density at radius 3 is 2.05 bits per heavy atom. The Hall–Kier alpha value is -2.77. The van der Waals surface area contributed by atoms with Crippen molar-refractivity contribution < 1.29 is 28.6 Å². The van der Waals surface area contributed by atoms with Gasteiger partial charge in [0, 0.05) is 5.56 Å². The van der Waals surface area contributed by atoms with Gasteiger partial charge in [-0.05, 0) is 26.0 Å². The molecule has 0 aliphatic rings. The fourth-order valence-corrected chi connectivity index (χ4v) is 1.71. The molecule has 3 N–H and O–H groups in total. The van der Waals surface area contributed by atoms with Crippen LogP contribution in [0.2, 0.25) is 0 Å². The van der Waals surface area contributed by atoms with Crippen LogP contribution in [0, 0.1) is 6.92 Å². The number of imide groups is 1. The summed E-state index contributed by atoms with van der Waals surface area (Å²) in [5.41, 5.74) is 5.70. The van der Waals surface area contributed by atoms with E-state index >= 15 is 0 Å². The van der Waals surface area contributed by atoms with Gasteiger partial charge in [-0.2, -0.15) is 0 Å². The highest BCUT2D eigenvalue weighted by Crippen LogP contribution is 2.29. The zero-order chi connectivity index (χ0) is 16.9. The smallest absolute Gasteiger partial charge is 0.339 e. The molecule has 22 heavy (non-hydrogen) atoms. The number of nitrogens with one attached hydrogen (secondary N) is 1. The lowest BCUT2D eigenvalue weighted by Gasteiger charge is -2.14. The van der Waals surface area contributed by atoms with Crippen molar-refractivity contribution in [3.05, 3.63) is 23.3 Å². The van der Waals surface area contributed by atoms with Crippen molar-refractivity contribution in [2.24, 2.45) is 5.73 Å². The van der Waals surface area contributed by atoms with Gasteiger partial charge in [-0.1, -0.05) is 0 Å². The lowest BCUT2D eigenvalue weighted by atomic mass is 10.1. The second-order valence-corrected chi connectivity index (χ2v) is 4.41. The third kappa shape index (κ3) is 4.11. The first-order valence-corrected chi connectivity index (χ1v) is 6.34. The maximum absolute atomic E-state index is 12.1. The Balaban J connectivity index is 2.94. The molecule has 1 atom stereocenters. The van der Waals surface area contributed by atoms with Crippen molar-refractivity contribution in [2.75, 3.05) is 14.2 Å². The number of carbonyl (C=O) groups excluding carboxylic acids is 3. The van der Waals surface area contributed by atoms with Gasteiger partial charge >= 0.3 is 12.0 Å². The summed E-state index contributed by atoms with van der Waals surface area (Å²) in [4.78, 5) is 34.1. The van der Waals surface area contributed by atoms with Crippen molar-refractivity contribution in [2.45, 2.75) is 20.0 Å². The predicted octanol–water partition coefficient (Wildman–Crippen LogP) is 0.752. The number of hydrogen-bond acceptors (Lipinski definition) is 6. The topological polar surface area (TPSA) is 117 Å². The predicted molar refractivity (Wildman–Crippen MR) is 76.9 cm³/mol. The Bertz CT molecular complexity index is 574. The Labute approximate surface area is 127 Å². The van der Waals surface area contributed by atoms with Crippen LogP contribution in [-0.4, -0.2) is 38.2 Å². The van der Waals surface area contributed by atoms with E-state index in [9.17, 15) is 14.4 Å². The fraction of sp³-hybridized carbons (Fsp3) is 0.357. The van der Waals surface area contributed by atoms with E-state index in [1.807, 2.05) is 5.32 Å². The number of nitrogens with two attached hydrogens (primary N) is 1. The molecule has 0 spiro atoms. The van der Waals surface area contributed by atoms with Gasteiger partial charge in [-0.3, -0.25) is 10.1 Å². The Morgan fingerprint density at radius 2 is 1.64 bits per heavy atom. The third-order valence-corrected chi connectivity index (χ3v) is 2.89. The summed E-state index contributed by atoms with van der Waals surface area (Å²) < 4.78 is 15.3. The number of benzene rings is 1. The van der Waals surface area contributed by atoms with Gasteiger partial charge in [-0.25, -0.2) is 9.59 Å². The molecular formula is C14H18N2O6. The first-order chi connectivity index (χ1) is 10.3. The van der Waals surface area contributed by atoms with Crippen LogP contribution >= 0.6 is 0 Å². The molecule has 8 nitrogen and oxygen atoms in total. The van der Waals surface area contributed by atoms with E-state index in [0.717, 1.165) is 5.56 Å². The molecule has 0 saturated heterocycles. The molecule has 0 bridgehead atoms. The molecule has 0 saturated carbocycles. The van der Waals surface area contributed by atoms with Gasteiger partial charge in [0.2, 0.25) is 0 Å². The number of methoxy groups -OCH3 is 2. The number of carbonyl (C=O) groups is 3. The molecule has 120 valence electrons. The number of hydrogen-bond donors (Lipinski definition) is 2. The van der Waals surface area contributed by atoms with Crippen molar-refractivity contribution in [1.82, 2.24) is 5.32 Å². The highest BCUT2D eigenvalue weighted by atomic mass is 16.5. The molecule has 0 aliphatic heterocycles. The normalized spacial score (nSPS) is 11.3. The first-order valence-electron chi connectivity index (χ1n) is 6.34. The maximum Gasteiger partial charge on any atom is 0.339 e. The number of ether oxygens (including phenoxy) is 3. The minimum absolute atomic E-state index is 0.151. The van der Waals surface area contributed by atoms with Gasteiger partial charge in [0.15, 0.2) is 6.10 Å². The fourth-order valence-electron chi connectivity index (χ4n) is 1.71. The number of primary amides is 1. The van der Waals surface area contributed by atoms with E-state index in [1.54, 1.807) is 6.92 Å². The molecule has 1 rings (SSSR count). The summed E-state index contributed by atoms with van der Waals surface area (Å²) in [5, 5.41) is 1.83. The number of rotatable bonds is 5. The standard InChI is InChI=1S/C14H18N2O6/c1-7-10(20-3)5-9(6-11(7)21-4)13(18)22-8(2)12(17)16-14(15)19/h5-6,8H,1-4H3,(H3,15,16,17,19). The molecule has 8 heteroatoms. The molecule has 0 aromatic heterocycles. The average molecular weight is 310 g/mol. The molecule has 0 fully saturated rings. The molecule has 1 unspecified atom stereocenters. The molecule has 0 radical (unpaired) electrons. The van der Waals surface area contributed by atoms with Gasteiger partial charge in [-0.15, -0.1) is 0 Å². The van der Waals surface area contributed by atoms with Crippen molar-refractivity contribution in [3.63, 3.8) is 0 Å². The van der Waals surface area contributed by atoms with Crippen LogP contribution in [0.3, 0.4) is 0 Å². The minimum atomic E-state index is -1.18. The first kappa shape index (κ1) is 17.3. The van der Waals surface area contributed by atoms with Crippen LogP contribution in [0.15, 0.2) is 12.1 Å². The van der Waals surface area contributed by atoms with Crippen LogP contribution < -0.4 is 20.5 Å². The van der Waals surface area contributed by atoms with Crippen LogP contribution in [-0.2, 0) is 9.53 Å². The molecule has 3 amide bonds. The second-order valence-electron chi connectivity index (χ2n) is 4.41. The summed E-state index contributed by atoms with van der Waals surface area (Å²) in [6.45, 7) is 3.09. The van der Waals surface area contributed by atoms with Gasteiger partial charge < -0.3 is 19.9 Å². The molecule has 0 aliphatic carbocycles. The van der Waals surface area contributed by atoms with Crippen LogP contribution in [0.4, 0.5) is 4.79 Å². The molecule has 1 aromatic carbocycles. The van der Waals surface area contributed by atoms with Crippen LogP contribution in [0.5, 0.6) is 11.5 Å². The molecule has 0 heterocycles. The van der Waals surface area contributed by atoms with E-state index in [2.05, 4.69) is 0 Å². The van der Waals surface area contributed by atoms with Crippen molar-refractivity contribution in [1.29, 1.82) is 0 Å². The molecule has 1 aromatic rings. The van der Waals surface area contributed by atoms with E-state index in [-0.39, 0.29) is 5.56 Å².